The van der Waals surface area contributed by atoms with Crippen molar-refractivity contribution in [2.75, 3.05) is 48.6 Å². The van der Waals surface area contributed by atoms with Gasteiger partial charge in [-0.3, -0.25) is 4.79 Å². The molecular formula is C52H79NO12. The number of hydrogen-bond acceptors (Lipinski definition) is 13. The van der Waals surface area contributed by atoms with Crippen molar-refractivity contribution in [3.8, 4) is 0 Å². The first-order chi connectivity index (χ1) is 31.4. The van der Waals surface area contributed by atoms with E-state index in [-0.39, 0.29) is 13.0 Å². The number of carbonyl (C=O) groups excluding carboxylic acids is 3. The van der Waals surface area contributed by atoms with Gasteiger partial charge in [-0.15, -0.1) is 0 Å². The van der Waals surface area contributed by atoms with Crippen molar-refractivity contribution >= 4 is 17.9 Å². The van der Waals surface area contributed by atoms with E-state index in [1.165, 1.54) is 90.7 Å². The van der Waals surface area contributed by atoms with Crippen LogP contribution >= 0.6 is 0 Å². The molecule has 1 aromatic rings. The lowest BCUT2D eigenvalue weighted by molar-refractivity contribution is -0.321. The molecule has 0 radical (unpaired) electrons. The van der Waals surface area contributed by atoms with Gasteiger partial charge in [-0.05, 0) is 44.4 Å². The topological polar surface area (TPSA) is 160 Å². The smallest absolute Gasteiger partial charge is 0.338 e. The number of benzene rings is 1. The fourth-order valence-electron chi connectivity index (χ4n) is 15.1. The molecule has 13 heteroatoms. The van der Waals surface area contributed by atoms with E-state index in [1.54, 1.807) is 51.7 Å². The van der Waals surface area contributed by atoms with Crippen molar-refractivity contribution < 1.29 is 57.8 Å². The van der Waals surface area contributed by atoms with Gasteiger partial charge in [-0.25, -0.2) is 9.59 Å². The van der Waals surface area contributed by atoms with E-state index in [0.29, 0.717) is 24.9 Å². The largest absolute Gasteiger partial charge is 0.462 e. The van der Waals surface area contributed by atoms with Gasteiger partial charge >= 0.3 is 17.9 Å². The highest BCUT2D eigenvalue weighted by Crippen LogP contribution is 2.80. The summed E-state index contributed by atoms with van der Waals surface area (Å²) < 4.78 is 45.0. The van der Waals surface area contributed by atoms with Gasteiger partial charge in [0.1, 0.15) is 30.0 Å². The summed E-state index contributed by atoms with van der Waals surface area (Å²) in [6.07, 6.45) is 16.0. The van der Waals surface area contributed by atoms with Crippen LogP contribution < -0.4 is 0 Å². The molecule has 0 aromatic heterocycles. The Morgan fingerprint density at radius 2 is 1.43 bits per heavy atom. The monoisotopic (exact) mass is 910 g/mol. The summed E-state index contributed by atoms with van der Waals surface area (Å²) in [5, 5.41) is 26.2. The number of allylic oxidation sites excluding steroid dienone is 1. The number of esters is 3. The van der Waals surface area contributed by atoms with Crippen molar-refractivity contribution in [3.63, 3.8) is 0 Å². The Kier molecular flexibility index (Phi) is 16.3. The molecule has 5 saturated carbocycles. The second kappa shape index (κ2) is 21.2. The van der Waals surface area contributed by atoms with Crippen molar-refractivity contribution in [3.05, 3.63) is 48.0 Å². The van der Waals surface area contributed by atoms with E-state index in [2.05, 4.69) is 11.8 Å². The number of fused-ring (bicyclic) bond motifs is 2. The molecule has 6 aliphatic rings. The van der Waals surface area contributed by atoms with Crippen LogP contribution in [-0.4, -0.2) is 136 Å². The van der Waals surface area contributed by atoms with E-state index in [1.807, 2.05) is 13.1 Å². The molecule has 1 spiro atoms. The van der Waals surface area contributed by atoms with E-state index in [0.717, 1.165) is 19.3 Å². The number of likely N-dealkylation sites (tertiary alicyclic amines) is 1. The highest BCUT2D eigenvalue weighted by Gasteiger charge is 2.92. The summed E-state index contributed by atoms with van der Waals surface area (Å²) in [5.41, 5.74) is -5.07. The molecule has 15 atom stereocenters. The van der Waals surface area contributed by atoms with Gasteiger partial charge in [0.2, 0.25) is 0 Å². The van der Waals surface area contributed by atoms with Crippen molar-refractivity contribution in [2.45, 2.75) is 177 Å². The predicted molar refractivity (Wildman–Crippen MR) is 244 cm³/mol. The first-order valence-electron chi connectivity index (χ1n) is 24.9. The van der Waals surface area contributed by atoms with Gasteiger partial charge in [-0.2, -0.15) is 0 Å². The molecule has 7 bridgehead atoms. The third kappa shape index (κ3) is 8.53. The number of ether oxygens (including phenoxy) is 7. The maximum absolute atomic E-state index is 14.5. The maximum atomic E-state index is 14.5. The molecule has 1 aliphatic heterocycles. The van der Waals surface area contributed by atoms with Crippen LogP contribution in [0.15, 0.2) is 42.5 Å². The van der Waals surface area contributed by atoms with Crippen LogP contribution in [-0.2, 0) is 42.7 Å². The van der Waals surface area contributed by atoms with Gasteiger partial charge in [0.15, 0.2) is 5.60 Å². The van der Waals surface area contributed by atoms with Crippen LogP contribution in [0.4, 0.5) is 0 Å². The number of unbranched alkanes of at least 4 members (excludes halogenated alkanes) is 14. The molecule has 7 rings (SSSR count). The molecule has 0 amide bonds. The molecule has 1 saturated heterocycles. The predicted octanol–water partition coefficient (Wildman–Crippen LogP) is 7.24. The SMILES string of the molecule is CCCCCCCCCCCCCCCC/C=C/C(=O)O[C@]12[C@H]3[C@@H](OC(=O)c4ccccc4)[C@](O)(C[C@H]3[C@@]34C5[C@@H]1[C@H](OC)[C@@H]3[C@](COC)(CN5C)[C@H](OC(C)=O)C[C@@H]4OC)[C@@H](OC)[C@@H]2O. The Morgan fingerprint density at radius 3 is 2.00 bits per heavy atom. The second-order valence-electron chi connectivity index (χ2n) is 20.5. The lowest BCUT2D eigenvalue weighted by Crippen LogP contribution is -2.81. The van der Waals surface area contributed by atoms with Gasteiger partial charge in [0, 0.05) is 89.0 Å². The molecular weight excluding hydrogens is 831 g/mol. The first-order valence-corrected chi connectivity index (χ1v) is 24.9. The quantitative estimate of drug-likeness (QED) is 0.0438. The van der Waals surface area contributed by atoms with Crippen LogP contribution in [0, 0.1) is 34.5 Å². The fourth-order valence-corrected chi connectivity index (χ4v) is 15.1. The molecule has 1 aromatic carbocycles. The number of hydrogen-bond donors (Lipinski definition) is 2. The van der Waals surface area contributed by atoms with Crippen LogP contribution in [0.3, 0.4) is 0 Å². The minimum Gasteiger partial charge on any atom is -0.462 e. The standard InChI is InChI=1S/C52H79NO12/c1-8-9-10-11-12-13-14-15-16-17-18-19-20-21-22-26-29-39(55)65-52-40-36(31-50(58,47(62-7)45(52)56)46(40)64-48(57)35-27-24-23-25-28-35)51-38(60-5)30-37(63-34(2)54)49(33-59-4)32-53(3)44(51)41(52)42(61-6)43(49)51/h23-29,36-38,40-47,56,58H,8-22,30-33H2,1-7H3/b29-26+/t36-,37-,38+,40-,41+,42+,43-,44?,45+,46-,47+,49+,50-,51+,52-/m1/s1. The average Bonchev–Trinajstić information content (AvgIpc) is 3.68. The van der Waals surface area contributed by atoms with E-state index >= 15 is 0 Å². The van der Waals surface area contributed by atoms with Gasteiger partial charge in [-0.1, -0.05) is 115 Å². The highest BCUT2D eigenvalue weighted by molar-refractivity contribution is 5.89. The number of methoxy groups -OCH3 is 4. The van der Waals surface area contributed by atoms with E-state index < -0.39 is 106 Å². The van der Waals surface area contributed by atoms with E-state index in [9.17, 15) is 24.6 Å². The first kappa shape index (κ1) is 50.0. The van der Waals surface area contributed by atoms with Crippen molar-refractivity contribution in [2.24, 2.45) is 34.5 Å². The molecule has 13 nitrogen and oxygen atoms in total. The van der Waals surface area contributed by atoms with Crippen molar-refractivity contribution in [1.82, 2.24) is 4.90 Å². The molecule has 1 unspecified atom stereocenters. The summed E-state index contributed by atoms with van der Waals surface area (Å²) in [6.45, 7) is 4.32. The second-order valence-corrected chi connectivity index (χ2v) is 20.5. The van der Waals surface area contributed by atoms with E-state index in [4.69, 9.17) is 33.2 Å². The fraction of sp³-hybridized carbons (Fsp3) is 0.788. The lowest BCUT2D eigenvalue weighted by atomic mass is 9.42. The Morgan fingerprint density at radius 1 is 0.800 bits per heavy atom. The molecule has 5 aliphatic carbocycles. The van der Waals surface area contributed by atoms with Crippen molar-refractivity contribution in [1.29, 1.82) is 0 Å². The summed E-state index contributed by atoms with van der Waals surface area (Å²) in [5.74, 6) is -4.38. The zero-order valence-electron chi connectivity index (χ0n) is 40.3. The van der Waals surface area contributed by atoms with Crippen LogP contribution in [0.25, 0.3) is 0 Å². The number of rotatable bonds is 25. The highest BCUT2D eigenvalue weighted by atomic mass is 16.6. The minimum absolute atomic E-state index is 0.0411. The molecule has 2 N–H and O–H groups in total. The number of carbonyl (C=O) groups is 3. The number of piperidine rings is 1. The molecule has 65 heavy (non-hydrogen) atoms. The number of nitrogens with zero attached hydrogens (tertiary/aromatic N) is 1. The van der Waals surface area contributed by atoms with Crippen LogP contribution in [0.2, 0.25) is 0 Å². The summed E-state index contributed by atoms with van der Waals surface area (Å²) >= 11 is 0. The average molecular weight is 910 g/mol. The zero-order chi connectivity index (χ0) is 46.6. The molecule has 6 fully saturated rings. The Balaban J connectivity index is 1.19. The minimum atomic E-state index is -1.89. The zero-order valence-corrected chi connectivity index (χ0v) is 40.3. The molecule has 1 heterocycles. The summed E-state index contributed by atoms with van der Waals surface area (Å²) in [4.78, 5) is 43.8. The van der Waals surface area contributed by atoms with Gasteiger partial charge in [0.05, 0.1) is 24.4 Å². The Labute approximate surface area is 387 Å². The third-order valence-corrected chi connectivity index (χ3v) is 17.1. The Hall–Kier alpha value is -2.91. The lowest BCUT2D eigenvalue weighted by Gasteiger charge is -2.70. The normalized spacial score (nSPS) is 38.8. The Bertz CT molecular complexity index is 1800. The number of aliphatic hydroxyl groups is 2. The van der Waals surface area contributed by atoms with Crippen LogP contribution in [0.1, 0.15) is 133 Å². The number of aliphatic hydroxyl groups excluding tert-OH is 1. The summed E-state index contributed by atoms with van der Waals surface area (Å²) in [7, 11) is 8.33. The van der Waals surface area contributed by atoms with Gasteiger partial charge in [0.25, 0.3) is 0 Å². The van der Waals surface area contributed by atoms with Gasteiger partial charge < -0.3 is 48.3 Å². The maximum Gasteiger partial charge on any atom is 0.338 e. The summed E-state index contributed by atoms with van der Waals surface area (Å²) in [6, 6.07) is 8.17. The third-order valence-electron chi connectivity index (χ3n) is 17.1. The molecule has 364 valence electrons. The van der Waals surface area contributed by atoms with Crippen LogP contribution in [0.5, 0.6) is 0 Å².